The molecule has 2 aromatic rings. The van der Waals surface area contributed by atoms with E-state index in [-0.39, 0.29) is 6.54 Å². The first-order valence-electron chi connectivity index (χ1n) is 8.21. The van der Waals surface area contributed by atoms with Gasteiger partial charge < -0.3 is 4.90 Å². The zero-order valence-electron chi connectivity index (χ0n) is 15.0. The molecule has 10 heteroatoms. The molecule has 1 heterocycles. The van der Waals surface area contributed by atoms with Crippen molar-refractivity contribution in [1.29, 1.82) is 0 Å². The monoisotopic (exact) mass is 395 g/mol. The van der Waals surface area contributed by atoms with Crippen LogP contribution in [-0.4, -0.2) is 56.0 Å². The Morgan fingerprint density at radius 1 is 1.11 bits per heavy atom. The summed E-state index contributed by atoms with van der Waals surface area (Å²) in [6.45, 7) is -0.804. The molecule has 1 aliphatic heterocycles. The summed E-state index contributed by atoms with van der Waals surface area (Å²) >= 11 is 0. The maximum absolute atomic E-state index is 12.8. The van der Waals surface area contributed by atoms with E-state index in [1.54, 1.807) is 24.3 Å². The van der Waals surface area contributed by atoms with E-state index in [2.05, 4.69) is 4.84 Å². The maximum Gasteiger partial charge on any atom is 0.473 e. The number of nitrogens with zero attached hydrogens (tertiary/aromatic N) is 2. The highest BCUT2D eigenvalue weighted by molar-refractivity contribution is 6.26. The fourth-order valence-corrected chi connectivity index (χ4v) is 3.04. The van der Waals surface area contributed by atoms with E-state index in [1.165, 1.54) is 5.48 Å². The number of amides is 3. The van der Waals surface area contributed by atoms with Gasteiger partial charge in [-0.3, -0.25) is 24.1 Å². The number of alkyl halides is 3. The zero-order chi connectivity index (χ0) is 20.6. The van der Waals surface area contributed by atoms with Gasteiger partial charge in [-0.15, -0.1) is 0 Å². The summed E-state index contributed by atoms with van der Waals surface area (Å²) < 4.78 is 36.4. The van der Waals surface area contributed by atoms with Gasteiger partial charge in [-0.05, 0) is 18.2 Å². The number of benzene rings is 2. The lowest BCUT2D eigenvalue weighted by Gasteiger charge is -2.28. The summed E-state index contributed by atoms with van der Waals surface area (Å²) in [7, 11) is 3.69. The molecule has 148 valence electrons. The van der Waals surface area contributed by atoms with Crippen molar-refractivity contribution in [2.24, 2.45) is 0 Å². The van der Waals surface area contributed by atoms with Crippen LogP contribution in [-0.2, 0) is 9.63 Å². The van der Waals surface area contributed by atoms with Gasteiger partial charge in [-0.1, -0.05) is 12.1 Å². The van der Waals surface area contributed by atoms with E-state index in [9.17, 15) is 27.6 Å². The summed E-state index contributed by atoms with van der Waals surface area (Å²) in [6, 6.07) is 8.45. The molecule has 0 fully saturated rings. The van der Waals surface area contributed by atoms with Gasteiger partial charge in [-0.25, -0.2) is 5.48 Å². The van der Waals surface area contributed by atoms with Crippen LogP contribution in [0.3, 0.4) is 0 Å². The minimum absolute atomic E-state index is 0.315. The molecule has 0 aliphatic carbocycles. The molecule has 0 radical (unpaired) electrons. The predicted molar refractivity (Wildman–Crippen MR) is 93.8 cm³/mol. The average molecular weight is 395 g/mol. The normalized spacial score (nSPS) is 13.8. The number of hydroxylamine groups is 1. The van der Waals surface area contributed by atoms with Crippen molar-refractivity contribution in [2.45, 2.75) is 6.18 Å². The number of nitrogens with one attached hydrogen (secondary N) is 1. The number of hydrogen-bond donors (Lipinski definition) is 1. The van der Waals surface area contributed by atoms with Gasteiger partial charge in [0.05, 0.1) is 13.2 Å². The third-order valence-corrected chi connectivity index (χ3v) is 4.29. The molecular weight excluding hydrogens is 379 g/mol. The van der Waals surface area contributed by atoms with Crippen LogP contribution in [0.5, 0.6) is 0 Å². The van der Waals surface area contributed by atoms with E-state index < -0.39 is 30.5 Å². The number of anilines is 1. The second-order valence-corrected chi connectivity index (χ2v) is 6.29. The summed E-state index contributed by atoms with van der Waals surface area (Å²) in [5.74, 6) is -3.43. The largest absolute Gasteiger partial charge is 0.473 e. The summed E-state index contributed by atoms with van der Waals surface area (Å²) in [4.78, 5) is 43.4. The molecule has 0 saturated carbocycles. The van der Waals surface area contributed by atoms with Crippen molar-refractivity contribution in [2.75, 3.05) is 32.1 Å². The highest BCUT2D eigenvalue weighted by Gasteiger charge is 2.39. The van der Waals surface area contributed by atoms with Crippen molar-refractivity contribution >= 4 is 34.2 Å². The lowest BCUT2D eigenvalue weighted by atomic mass is 9.93. The van der Waals surface area contributed by atoms with Crippen molar-refractivity contribution in [1.82, 2.24) is 10.4 Å². The number of rotatable bonds is 5. The van der Waals surface area contributed by atoms with Gasteiger partial charge in [0.25, 0.3) is 11.8 Å². The quantitative estimate of drug-likeness (QED) is 0.477. The first kappa shape index (κ1) is 19.6. The van der Waals surface area contributed by atoms with Gasteiger partial charge in [-0.2, -0.15) is 13.2 Å². The maximum atomic E-state index is 12.8. The first-order valence-corrected chi connectivity index (χ1v) is 8.21. The van der Waals surface area contributed by atoms with E-state index in [0.29, 0.717) is 16.5 Å². The molecule has 0 unspecified atom stereocenters. The molecule has 0 bridgehead atoms. The summed E-state index contributed by atoms with van der Waals surface area (Å²) in [6.07, 6.45) is -5.09. The number of carbonyl (C=O) groups is 3. The Labute approximate surface area is 157 Å². The Hall–Kier alpha value is -3.14. The Bertz CT molecular complexity index is 950. The molecule has 7 nitrogen and oxygen atoms in total. The lowest BCUT2D eigenvalue weighted by Crippen LogP contribution is -2.44. The van der Waals surface area contributed by atoms with E-state index in [1.807, 2.05) is 25.1 Å². The molecule has 0 aromatic heterocycles. The number of imide groups is 1. The van der Waals surface area contributed by atoms with Crippen LogP contribution in [0.15, 0.2) is 30.3 Å². The molecule has 28 heavy (non-hydrogen) atoms. The van der Waals surface area contributed by atoms with Crippen LogP contribution in [0.25, 0.3) is 10.8 Å². The van der Waals surface area contributed by atoms with Crippen molar-refractivity contribution in [3.8, 4) is 0 Å². The first-order chi connectivity index (χ1) is 13.1. The fourth-order valence-electron chi connectivity index (χ4n) is 3.04. The zero-order valence-corrected chi connectivity index (χ0v) is 15.0. The van der Waals surface area contributed by atoms with Crippen LogP contribution in [0, 0.1) is 0 Å². The van der Waals surface area contributed by atoms with E-state index in [4.69, 9.17) is 0 Å². The Morgan fingerprint density at radius 3 is 2.36 bits per heavy atom. The molecule has 3 amide bonds. The number of halogens is 3. The Morgan fingerprint density at radius 2 is 1.75 bits per heavy atom. The molecule has 1 N–H and O–H groups in total. The fraction of sp³-hybridized carbons (Fsp3) is 0.278. The SMILES string of the molecule is CN(C)c1ccc2c3c(cccc13)C(=O)N(CCONC(=O)C(F)(F)F)C2=O. The predicted octanol–water partition coefficient (Wildman–Crippen LogP) is 2.11. The van der Waals surface area contributed by atoms with E-state index in [0.717, 1.165) is 16.0 Å². The highest BCUT2D eigenvalue weighted by Crippen LogP contribution is 2.35. The van der Waals surface area contributed by atoms with Gasteiger partial charge in [0.15, 0.2) is 0 Å². The van der Waals surface area contributed by atoms with Crippen LogP contribution in [0.2, 0.25) is 0 Å². The minimum atomic E-state index is -5.09. The number of carbonyl (C=O) groups excluding carboxylic acids is 3. The van der Waals surface area contributed by atoms with E-state index >= 15 is 0 Å². The molecular formula is C18H16F3N3O4. The van der Waals surface area contributed by atoms with Crippen LogP contribution in [0.4, 0.5) is 18.9 Å². The van der Waals surface area contributed by atoms with Crippen molar-refractivity contribution in [3.63, 3.8) is 0 Å². The lowest BCUT2D eigenvalue weighted by molar-refractivity contribution is -0.186. The van der Waals surface area contributed by atoms with Gasteiger partial charge >= 0.3 is 12.1 Å². The Kier molecular flexibility index (Phi) is 4.99. The molecule has 3 rings (SSSR count). The van der Waals surface area contributed by atoms with Crippen molar-refractivity contribution < 1.29 is 32.4 Å². The highest BCUT2D eigenvalue weighted by atomic mass is 19.4. The topological polar surface area (TPSA) is 79.0 Å². The van der Waals surface area contributed by atoms with Gasteiger partial charge in [0.1, 0.15) is 0 Å². The third-order valence-electron chi connectivity index (χ3n) is 4.29. The molecule has 0 spiro atoms. The smallest absolute Gasteiger partial charge is 0.377 e. The van der Waals surface area contributed by atoms with Gasteiger partial charge in [0, 0.05) is 41.7 Å². The molecule has 0 saturated heterocycles. The summed E-state index contributed by atoms with van der Waals surface area (Å²) in [5.41, 5.74) is 2.70. The minimum Gasteiger partial charge on any atom is -0.377 e. The molecule has 1 aliphatic rings. The second-order valence-electron chi connectivity index (χ2n) is 6.29. The summed E-state index contributed by atoms with van der Waals surface area (Å²) in [5, 5.41) is 1.28. The standard InChI is InChI=1S/C18H16F3N3O4/c1-23(2)13-7-6-12-14-10(13)4-3-5-11(14)15(25)24(16(12)26)8-9-28-22-17(27)18(19,20)21/h3-7H,8-9H2,1-2H3,(H,22,27). The second kappa shape index (κ2) is 7.12. The number of hydrogen-bond acceptors (Lipinski definition) is 5. The van der Waals surface area contributed by atoms with Crippen LogP contribution in [0.1, 0.15) is 20.7 Å². The molecule has 2 aromatic carbocycles. The van der Waals surface area contributed by atoms with Crippen molar-refractivity contribution in [3.05, 3.63) is 41.5 Å². The average Bonchev–Trinajstić information content (AvgIpc) is 2.63. The molecule has 0 atom stereocenters. The van der Waals surface area contributed by atoms with Gasteiger partial charge in [0.2, 0.25) is 0 Å². The van der Waals surface area contributed by atoms with Crippen LogP contribution < -0.4 is 10.4 Å². The third kappa shape index (κ3) is 3.38. The Balaban J connectivity index is 1.82. The van der Waals surface area contributed by atoms with Crippen LogP contribution >= 0.6 is 0 Å².